The third-order valence-corrected chi connectivity index (χ3v) is 5.59. The Hall–Kier alpha value is -2.15. The summed E-state index contributed by atoms with van der Waals surface area (Å²) in [6, 6.07) is 3.36. The maximum absolute atomic E-state index is 12.5. The minimum Gasteiger partial charge on any atom is -0.320 e. The Labute approximate surface area is 137 Å². The summed E-state index contributed by atoms with van der Waals surface area (Å²) in [5, 5.41) is 5.50. The summed E-state index contributed by atoms with van der Waals surface area (Å²) in [5.74, 6) is -0.511. The van der Waals surface area contributed by atoms with Crippen LogP contribution in [0.25, 0.3) is 0 Å². The Morgan fingerprint density at radius 2 is 1.78 bits per heavy atom. The first-order chi connectivity index (χ1) is 11.1. The first-order valence-corrected chi connectivity index (χ1v) is 8.64. The van der Waals surface area contributed by atoms with Crippen LogP contribution in [0.15, 0.2) is 29.7 Å². The van der Waals surface area contributed by atoms with Gasteiger partial charge in [0.05, 0.1) is 22.9 Å². The predicted octanol–water partition coefficient (Wildman–Crippen LogP) is 1.92. The molecule has 23 heavy (non-hydrogen) atoms. The van der Waals surface area contributed by atoms with Crippen LogP contribution in [0.4, 0.5) is 9.80 Å². The molecular formula is C16H17N3O3S. The van der Waals surface area contributed by atoms with Crippen molar-refractivity contribution in [2.24, 2.45) is 11.8 Å². The maximum Gasteiger partial charge on any atom is 0.322 e. The third-order valence-electron chi connectivity index (χ3n) is 4.81. The summed E-state index contributed by atoms with van der Waals surface area (Å²) >= 11 is 1.46. The molecule has 4 rings (SSSR count). The van der Waals surface area contributed by atoms with Crippen LogP contribution in [0.2, 0.25) is 0 Å². The Morgan fingerprint density at radius 1 is 1.13 bits per heavy atom. The largest absolute Gasteiger partial charge is 0.322 e. The molecule has 0 spiro atoms. The van der Waals surface area contributed by atoms with Crippen molar-refractivity contribution in [2.45, 2.75) is 18.9 Å². The van der Waals surface area contributed by atoms with Crippen LogP contribution < -0.4 is 5.32 Å². The summed E-state index contributed by atoms with van der Waals surface area (Å²) in [7, 11) is 0. The van der Waals surface area contributed by atoms with E-state index in [1.807, 2.05) is 29.7 Å². The Morgan fingerprint density at radius 3 is 2.35 bits per heavy atom. The molecule has 3 heterocycles. The zero-order chi connectivity index (χ0) is 16.0. The van der Waals surface area contributed by atoms with Crippen LogP contribution in [0.5, 0.6) is 0 Å². The van der Waals surface area contributed by atoms with Crippen molar-refractivity contribution in [3.8, 4) is 0 Å². The molecule has 4 amide bonds. The first-order valence-electron chi connectivity index (χ1n) is 7.76. The number of amides is 4. The van der Waals surface area contributed by atoms with E-state index in [9.17, 15) is 14.4 Å². The number of carbonyl (C=O) groups is 3. The molecule has 1 N–H and O–H groups in total. The normalized spacial score (nSPS) is 27.1. The number of urea groups is 1. The number of imide groups is 1. The van der Waals surface area contributed by atoms with Gasteiger partial charge in [-0.25, -0.2) is 4.79 Å². The minimum absolute atomic E-state index is 0.0623. The molecule has 1 aromatic rings. The lowest BCUT2D eigenvalue weighted by Gasteiger charge is -2.42. The lowest BCUT2D eigenvalue weighted by Crippen LogP contribution is -2.63. The quantitative estimate of drug-likeness (QED) is 0.665. The van der Waals surface area contributed by atoms with Crippen molar-refractivity contribution in [3.63, 3.8) is 0 Å². The SMILES string of the molecule is O=C(Nc1cccs1)N1CC(N2C(=O)C3CC=CCC3C2=O)C1. The Bertz CT molecular complexity index is 653. The molecule has 6 nitrogen and oxygen atoms in total. The van der Waals surface area contributed by atoms with Crippen molar-refractivity contribution in [1.82, 2.24) is 9.80 Å². The summed E-state index contributed by atoms with van der Waals surface area (Å²) in [5.41, 5.74) is 0. The summed E-state index contributed by atoms with van der Waals surface area (Å²) in [6.07, 6.45) is 5.27. The van der Waals surface area contributed by atoms with Crippen LogP contribution in [0.3, 0.4) is 0 Å². The van der Waals surface area contributed by atoms with Gasteiger partial charge < -0.3 is 4.90 Å². The van der Waals surface area contributed by atoms with Gasteiger partial charge in [0.1, 0.15) is 0 Å². The number of carbonyl (C=O) groups excluding carboxylic acids is 3. The van der Waals surface area contributed by atoms with Crippen molar-refractivity contribution in [1.29, 1.82) is 0 Å². The molecule has 2 fully saturated rings. The van der Waals surface area contributed by atoms with E-state index >= 15 is 0 Å². The van der Waals surface area contributed by atoms with Crippen molar-refractivity contribution in [2.75, 3.05) is 18.4 Å². The molecule has 0 radical (unpaired) electrons. The van der Waals surface area contributed by atoms with E-state index in [-0.39, 0.29) is 35.7 Å². The molecule has 2 aliphatic heterocycles. The number of nitrogens with zero attached hydrogens (tertiary/aromatic N) is 2. The van der Waals surface area contributed by atoms with Gasteiger partial charge in [-0.05, 0) is 30.4 Å². The number of anilines is 1. The van der Waals surface area contributed by atoms with Crippen molar-refractivity contribution >= 4 is 34.2 Å². The Kier molecular flexibility index (Phi) is 3.45. The zero-order valence-electron chi connectivity index (χ0n) is 12.5. The molecule has 2 unspecified atom stereocenters. The second kappa shape index (κ2) is 5.49. The van der Waals surface area contributed by atoms with Gasteiger partial charge >= 0.3 is 6.03 Å². The first kappa shape index (κ1) is 14.4. The smallest absolute Gasteiger partial charge is 0.320 e. The number of thiophene rings is 1. The van der Waals surface area contributed by atoms with E-state index in [4.69, 9.17) is 0 Å². The molecule has 1 aromatic heterocycles. The molecule has 7 heteroatoms. The van der Waals surface area contributed by atoms with Gasteiger partial charge in [-0.1, -0.05) is 12.2 Å². The number of fused-ring (bicyclic) bond motifs is 1. The molecule has 3 aliphatic rings. The number of hydrogen-bond donors (Lipinski definition) is 1. The second-order valence-electron chi connectivity index (χ2n) is 6.17. The topological polar surface area (TPSA) is 69.7 Å². The zero-order valence-corrected chi connectivity index (χ0v) is 13.3. The fraction of sp³-hybridized carbons (Fsp3) is 0.438. The highest BCUT2D eigenvalue weighted by Crippen LogP contribution is 2.37. The van der Waals surface area contributed by atoms with Crippen molar-refractivity contribution < 1.29 is 14.4 Å². The number of hydrogen-bond acceptors (Lipinski definition) is 4. The fourth-order valence-electron chi connectivity index (χ4n) is 3.50. The molecule has 0 aromatic carbocycles. The lowest BCUT2D eigenvalue weighted by atomic mass is 9.85. The predicted molar refractivity (Wildman–Crippen MR) is 85.9 cm³/mol. The summed E-state index contributed by atoms with van der Waals surface area (Å²) < 4.78 is 0. The standard InChI is InChI=1S/C16H17N3O3S/c20-14-11-4-1-2-5-12(11)15(21)19(14)10-8-18(9-10)16(22)17-13-6-3-7-23-13/h1-3,6-7,10-12H,4-5,8-9H2,(H,17,22). The van der Waals surface area contributed by atoms with E-state index in [0.717, 1.165) is 5.00 Å². The van der Waals surface area contributed by atoms with E-state index in [1.54, 1.807) is 4.90 Å². The van der Waals surface area contributed by atoms with Gasteiger partial charge in [0.25, 0.3) is 0 Å². The second-order valence-corrected chi connectivity index (χ2v) is 7.12. The van der Waals surface area contributed by atoms with Crippen LogP contribution in [0.1, 0.15) is 12.8 Å². The Balaban J connectivity index is 1.37. The van der Waals surface area contributed by atoms with E-state index in [0.29, 0.717) is 25.9 Å². The van der Waals surface area contributed by atoms with Crippen molar-refractivity contribution in [3.05, 3.63) is 29.7 Å². The highest BCUT2D eigenvalue weighted by molar-refractivity contribution is 7.14. The van der Waals surface area contributed by atoms with Crippen LogP contribution in [-0.4, -0.2) is 46.8 Å². The monoisotopic (exact) mass is 331 g/mol. The van der Waals surface area contributed by atoms with E-state index in [2.05, 4.69) is 5.32 Å². The summed E-state index contributed by atoms with van der Waals surface area (Å²) in [6.45, 7) is 0.836. The fourth-order valence-corrected chi connectivity index (χ4v) is 4.11. The van der Waals surface area contributed by atoms with Gasteiger partial charge in [-0.2, -0.15) is 0 Å². The lowest BCUT2D eigenvalue weighted by molar-refractivity contribution is -0.145. The van der Waals surface area contributed by atoms with Gasteiger partial charge in [0, 0.05) is 13.1 Å². The van der Waals surface area contributed by atoms with Gasteiger partial charge in [0.15, 0.2) is 0 Å². The van der Waals surface area contributed by atoms with Crippen LogP contribution in [0, 0.1) is 11.8 Å². The summed E-state index contributed by atoms with van der Waals surface area (Å²) in [4.78, 5) is 40.1. The molecule has 0 bridgehead atoms. The van der Waals surface area contributed by atoms with E-state index in [1.165, 1.54) is 16.2 Å². The van der Waals surface area contributed by atoms with E-state index < -0.39 is 0 Å². The third kappa shape index (κ3) is 2.35. The average molecular weight is 331 g/mol. The molecule has 2 atom stereocenters. The highest BCUT2D eigenvalue weighted by Gasteiger charge is 2.52. The molecule has 1 aliphatic carbocycles. The van der Waals surface area contributed by atoms with Crippen LogP contribution >= 0.6 is 11.3 Å². The number of nitrogens with one attached hydrogen (secondary N) is 1. The minimum atomic E-state index is -0.193. The highest BCUT2D eigenvalue weighted by atomic mass is 32.1. The molecule has 2 saturated heterocycles. The number of rotatable bonds is 2. The molecule has 0 saturated carbocycles. The number of allylic oxidation sites excluding steroid dienone is 2. The van der Waals surface area contributed by atoms with Gasteiger partial charge in [-0.15, -0.1) is 11.3 Å². The maximum atomic E-state index is 12.5. The molecular weight excluding hydrogens is 314 g/mol. The van der Waals surface area contributed by atoms with Gasteiger partial charge in [-0.3, -0.25) is 19.8 Å². The average Bonchev–Trinajstić information content (AvgIpc) is 3.09. The molecule has 120 valence electrons. The van der Waals surface area contributed by atoms with Gasteiger partial charge in [0.2, 0.25) is 11.8 Å². The number of likely N-dealkylation sites (tertiary alicyclic amines) is 2. The van der Waals surface area contributed by atoms with Crippen LogP contribution in [-0.2, 0) is 9.59 Å².